The first-order chi connectivity index (χ1) is 7.99. The highest BCUT2D eigenvalue weighted by Crippen LogP contribution is 2.28. The average Bonchev–Trinajstić information content (AvgIpc) is 2.58. The Labute approximate surface area is 101 Å². The monoisotopic (exact) mass is 234 g/mol. The van der Waals surface area contributed by atoms with E-state index in [0.717, 1.165) is 18.8 Å². The molecule has 0 aromatic carbocycles. The molecule has 1 aromatic heterocycles. The molecule has 2 atom stereocenters. The van der Waals surface area contributed by atoms with Gasteiger partial charge in [0.2, 0.25) is 0 Å². The molecule has 2 unspecified atom stereocenters. The molecule has 1 aliphatic rings. The van der Waals surface area contributed by atoms with E-state index in [1.807, 2.05) is 6.92 Å². The maximum atomic E-state index is 11.2. The molecule has 2 rings (SSSR count). The van der Waals surface area contributed by atoms with Gasteiger partial charge < -0.3 is 10.0 Å². The van der Waals surface area contributed by atoms with Crippen molar-refractivity contribution < 1.29 is 9.90 Å². The summed E-state index contributed by atoms with van der Waals surface area (Å²) in [5.74, 6) is 0.881. The molecule has 0 radical (unpaired) electrons. The first-order valence-electron chi connectivity index (χ1n) is 5.95. The van der Waals surface area contributed by atoms with Gasteiger partial charge in [-0.3, -0.25) is 0 Å². The topological polar surface area (TPSA) is 53.4 Å². The van der Waals surface area contributed by atoms with Crippen molar-refractivity contribution in [3.8, 4) is 0 Å². The third-order valence-corrected chi connectivity index (χ3v) is 3.53. The molecular weight excluding hydrogens is 216 g/mol. The van der Waals surface area contributed by atoms with Crippen LogP contribution in [-0.2, 0) is 0 Å². The van der Waals surface area contributed by atoms with Gasteiger partial charge in [0.05, 0.1) is 0 Å². The SMILES string of the molecule is Cc1ccc(C(=O)O)c(N2CC(C)C(C)C2)n1. The number of aromatic nitrogens is 1. The highest BCUT2D eigenvalue weighted by atomic mass is 16.4. The van der Waals surface area contributed by atoms with E-state index in [0.29, 0.717) is 23.2 Å². The van der Waals surface area contributed by atoms with E-state index in [4.69, 9.17) is 0 Å². The molecule has 1 N–H and O–H groups in total. The van der Waals surface area contributed by atoms with Crippen LogP contribution in [-0.4, -0.2) is 29.1 Å². The minimum absolute atomic E-state index is 0.303. The van der Waals surface area contributed by atoms with E-state index in [1.165, 1.54) is 0 Å². The number of hydrogen-bond donors (Lipinski definition) is 1. The quantitative estimate of drug-likeness (QED) is 0.852. The molecule has 0 amide bonds. The molecular formula is C13H18N2O2. The number of carboxylic acid groups (broad SMARTS) is 1. The van der Waals surface area contributed by atoms with Crippen LogP contribution in [0.5, 0.6) is 0 Å². The van der Waals surface area contributed by atoms with Crippen LogP contribution in [0.1, 0.15) is 29.9 Å². The van der Waals surface area contributed by atoms with Crippen LogP contribution in [0.15, 0.2) is 12.1 Å². The molecule has 4 heteroatoms. The van der Waals surface area contributed by atoms with Gasteiger partial charge in [-0.05, 0) is 30.9 Å². The number of aromatic carboxylic acids is 1. The second-order valence-electron chi connectivity index (χ2n) is 4.99. The number of carboxylic acids is 1. The molecule has 0 aliphatic carbocycles. The number of carbonyl (C=O) groups is 1. The maximum Gasteiger partial charge on any atom is 0.339 e. The Bertz CT molecular complexity index is 435. The molecule has 1 fully saturated rings. The number of aryl methyl sites for hydroxylation is 1. The van der Waals surface area contributed by atoms with Gasteiger partial charge in [-0.15, -0.1) is 0 Å². The molecule has 1 aromatic rings. The van der Waals surface area contributed by atoms with Crippen LogP contribution in [0.2, 0.25) is 0 Å². The van der Waals surface area contributed by atoms with Gasteiger partial charge in [0, 0.05) is 18.8 Å². The second-order valence-corrected chi connectivity index (χ2v) is 4.99. The maximum absolute atomic E-state index is 11.2. The standard InChI is InChI=1S/C13H18N2O2/c1-8-6-15(7-9(8)2)12-11(13(16)17)5-4-10(3)14-12/h4-5,8-9H,6-7H2,1-3H3,(H,16,17). The van der Waals surface area contributed by atoms with Crippen molar-refractivity contribution in [1.82, 2.24) is 4.98 Å². The summed E-state index contributed by atoms with van der Waals surface area (Å²) < 4.78 is 0. The van der Waals surface area contributed by atoms with Crippen molar-refractivity contribution in [2.75, 3.05) is 18.0 Å². The van der Waals surface area contributed by atoms with Gasteiger partial charge >= 0.3 is 5.97 Å². The molecule has 0 bridgehead atoms. The first kappa shape index (κ1) is 11.9. The molecule has 2 heterocycles. The highest BCUT2D eigenvalue weighted by molar-refractivity contribution is 5.93. The second kappa shape index (κ2) is 4.35. The summed E-state index contributed by atoms with van der Waals surface area (Å²) in [4.78, 5) is 17.7. The summed E-state index contributed by atoms with van der Waals surface area (Å²) in [6.07, 6.45) is 0. The van der Waals surface area contributed by atoms with Crippen LogP contribution in [0.4, 0.5) is 5.82 Å². The lowest BCUT2D eigenvalue weighted by atomic mass is 10.0. The predicted octanol–water partition coefficient (Wildman–Crippen LogP) is 2.18. The van der Waals surface area contributed by atoms with Crippen LogP contribution >= 0.6 is 0 Å². The number of pyridine rings is 1. The van der Waals surface area contributed by atoms with Crippen LogP contribution < -0.4 is 4.90 Å². The Hall–Kier alpha value is -1.58. The van der Waals surface area contributed by atoms with Gasteiger partial charge in [0.25, 0.3) is 0 Å². The summed E-state index contributed by atoms with van der Waals surface area (Å²) in [6, 6.07) is 3.39. The number of anilines is 1. The van der Waals surface area contributed by atoms with Gasteiger partial charge in [0.1, 0.15) is 11.4 Å². The van der Waals surface area contributed by atoms with Crippen molar-refractivity contribution in [3.05, 3.63) is 23.4 Å². The Balaban J connectivity index is 2.37. The molecule has 1 aliphatic heterocycles. The van der Waals surface area contributed by atoms with E-state index in [2.05, 4.69) is 23.7 Å². The predicted molar refractivity (Wildman–Crippen MR) is 66.5 cm³/mol. The van der Waals surface area contributed by atoms with Crippen molar-refractivity contribution in [2.24, 2.45) is 11.8 Å². The zero-order valence-electron chi connectivity index (χ0n) is 10.5. The summed E-state index contributed by atoms with van der Waals surface area (Å²) in [6.45, 7) is 8.05. The van der Waals surface area contributed by atoms with Crippen LogP contribution in [0.3, 0.4) is 0 Å². The lowest BCUT2D eigenvalue weighted by molar-refractivity contribution is 0.0697. The molecule has 4 nitrogen and oxygen atoms in total. The lowest BCUT2D eigenvalue weighted by Gasteiger charge is -2.19. The highest BCUT2D eigenvalue weighted by Gasteiger charge is 2.29. The Morgan fingerprint density at radius 3 is 2.47 bits per heavy atom. The van der Waals surface area contributed by atoms with Crippen LogP contribution in [0.25, 0.3) is 0 Å². The van der Waals surface area contributed by atoms with Gasteiger partial charge in [-0.2, -0.15) is 0 Å². The average molecular weight is 234 g/mol. The van der Waals surface area contributed by atoms with E-state index in [1.54, 1.807) is 12.1 Å². The zero-order valence-corrected chi connectivity index (χ0v) is 10.5. The Kier molecular flexibility index (Phi) is 3.05. The summed E-state index contributed by atoms with van der Waals surface area (Å²) >= 11 is 0. The number of nitrogens with zero attached hydrogens (tertiary/aromatic N) is 2. The molecule has 92 valence electrons. The minimum atomic E-state index is -0.903. The molecule has 17 heavy (non-hydrogen) atoms. The fourth-order valence-corrected chi connectivity index (χ4v) is 2.25. The first-order valence-corrected chi connectivity index (χ1v) is 5.95. The zero-order chi connectivity index (χ0) is 12.6. The van der Waals surface area contributed by atoms with E-state index < -0.39 is 5.97 Å². The smallest absolute Gasteiger partial charge is 0.339 e. The number of hydrogen-bond acceptors (Lipinski definition) is 3. The summed E-state index contributed by atoms with van der Waals surface area (Å²) in [7, 11) is 0. The van der Waals surface area contributed by atoms with Crippen molar-refractivity contribution >= 4 is 11.8 Å². The molecule has 0 spiro atoms. The number of rotatable bonds is 2. The molecule has 1 saturated heterocycles. The largest absolute Gasteiger partial charge is 0.478 e. The Morgan fingerprint density at radius 2 is 1.94 bits per heavy atom. The Morgan fingerprint density at radius 1 is 1.35 bits per heavy atom. The fourth-order valence-electron chi connectivity index (χ4n) is 2.25. The van der Waals surface area contributed by atoms with E-state index >= 15 is 0 Å². The van der Waals surface area contributed by atoms with Crippen molar-refractivity contribution in [3.63, 3.8) is 0 Å². The van der Waals surface area contributed by atoms with Gasteiger partial charge in [-0.25, -0.2) is 9.78 Å². The normalized spacial score (nSPS) is 24.1. The summed E-state index contributed by atoms with van der Waals surface area (Å²) in [5.41, 5.74) is 1.16. The third kappa shape index (κ3) is 2.25. The van der Waals surface area contributed by atoms with Gasteiger partial charge in [-0.1, -0.05) is 13.8 Å². The van der Waals surface area contributed by atoms with E-state index in [9.17, 15) is 9.90 Å². The van der Waals surface area contributed by atoms with E-state index in [-0.39, 0.29) is 0 Å². The molecule has 0 saturated carbocycles. The third-order valence-electron chi connectivity index (χ3n) is 3.53. The van der Waals surface area contributed by atoms with Gasteiger partial charge in [0.15, 0.2) is 0 Å². The fraction of sp³-hybridized carbons (Fsp3) is 0.538. The minimum Gasteiger partial charge on any atom is -0.478 e. The lowest BCUT2D eigenvalue weighted by Crippen LogP contribution is -2.23. The van der Waals surface area contributed by atoms with Crippen molar-refractivity contribution in [1.29, 1.82) is 0 Å². The van der Waals surface area contributed by atoms with Crippen molar-refractivity contribution in [2.45, 2.75) is 20.8 Å². The summed E-state index contributed by atoms with van der Waals surface area (Å²) in [5, 5.41) is 9.18. The van der Waals surface area contributed by atoms with Crippen LogP contribution in [0, 0.1) is 18.8 Å².